The molecule has 0 radical (unpaired) electrons. The Hall–Kier alpha value is -2.24. The van der Waals surface area contributed by atoms with Crippen molar-refractivity contribution in [2.24, 2.45) is 0 Å². The van der Waals surface area contributed by atoms with Gasteiger partial charge in [-0.2, -0.15) is 0 Å². The molecule has 5 heteroatoms. The number of thiophene rings is 1. The second kappa shape index (κ2) is 9.09. The Kier molecular flexibility index (Phi) is 6.06. The number of benzene rings is 2. The van der Waals surface area contributed by atoms with Crippen LogP contribution in [0.5, 0.6) is 5.06 Å². The van der Waals surface area contributed by atoms with E-state index in [2.05, 4.69) is 12.1 Å². The van der Waals surface area contributed by atoms with Crippen molar-refractivity contribution in [2.45, 2.75) is 50.5 Å². The molecule has 162 valence electrons. The second-order valence-electron chi connectivity index (χ2n) is 8.44. The van der Waals surface area contributed by atoms with Gasteiger partial charge in [-0.25, -0.2) is 8.78 Å². The summed E-state index contributed by atoms with van der Waals surface area (Å²) < 4.78 is 41.3. The monoisotopic (exact) mass is 440 g/mol. The number of hydrogen-bond donors (Lipinski definition) is 0. The van der Waals surface area contributed by atoms with E-state index in [1.165, 1.54) is 42.6 Å². The zero-order valence-electron chi connectivity index (χ0n) is 17.4. The number of hydrogen-bond acceptors (Lipinski definition) is 3. The third-order valence-corrected chi connectivity index (χ3v) is 7.44. The summed E-state index contributed by atoms with van der Waals surface area (Å²) in [5, 5.41) is 0.730. The van der Waals surface area contributed by atoms with Crippen molar-refractivity contribution in [3.63, 3.8) is 0 Å². The summed E-state index contributed by atoms with van der Waals surface area (Å²) in [4.78, 5) is 0.668. The molecule has 3 aromatic rings. The van der Waals surface area contributed by atoms with Crippen molar-refractivity contribution in [2.75, 3.05) is 13.2 Å². The lowest BCUT2D eigenvalue weighted by Crippen LogP contribution is -2.25. The molecule has 1 saturated heterocycles. The first kappa shape index (κ1) is 20.7. The van der Waals surface area contributed by atoms with Crippen molar-refractivity contribution in [3.05, 3.63) is 65.7 Å². The van der Waals surface area contributed by atoms with Crippen LogP contribution in [0.3, 0.4) is 0 Å². The maximum atomic E-state index is 15.0. The summed E-state index contributed by atoms with van der Waals surface area (Å²) in [6.07, 6.45) is 6.82. The molecule has 0 atom stereocenters. The number of halogens is 2. The first-order valence-corrected chi connectivity index (χ1v) is 11.9. The largest absolute Gasteiger partial charge is 0.481 e. The Morgan fingerprint density at radius 3 is 2.19 bits per heavy atom. The highest BCUT2D eigenvalue weighted by Gasteiger charge is 2.21. The standard InChI is InChI=1S/C26H26F2O2S/c27-25-21(19-7-5-18(6-8-19)17-3-1-2-4-17)9-10-22(26(25)28)23-11-12-24(31-23)30-20-13-15-29-16-14-20/h5-12,17,20H,1-4,13-16H2. The fourth-order valence-electron chi connectivity index (χ4n) is 4.64. The zero-order chi connectivity index (χ0) is 21.2. The summed E-state index contributed by atoms with van der Waals surface area (Å²) in [6, 6.07) is 14.9. The van der Waals surface area contributed by atoms with Crippen LogP contribution in [0.25, 0.3) is 21.6 Å². The lowest BCUT2D eigenvalue weighted by Gasteiger charge is -2.22. The van der Waals surface area contributed by atoms with Gasteiger partial charge >= 0.3 is 0 Å². The van der Waals surface area contributed by atoms with Crippen molar-refractivity contribution >= 4 is 11.3 Å². The van der Waals surface area contributed by atoms with Gasteiger partial charge in [0, 0.05) is 28.8 Å². The summed E-state index contributed by atoms with van der Waals surface area (Å²) >= 11 is 1.35. The molecule has 2 fully saturated rings. The number of ether oxygens (including phenoxy) is 2. The molecule has 0 bridgehead atoms. The van der Waals surface area contributed by atoms with Gasteiger partial charge in [0.25, 0.3) is 0 Å². The number of rotatable bonds is 5. The Morgan fingerprint density at radius 1 is 0.774 bits per heavy atom. The summed E-state index contributed by atoms with van der Waals surface area (Å²) in [5.41, 5.74) is 2.58. The van der Waals surface area contributed by atoms with Gasteiger partial charge in [0.05, 0.1) is 13.2 Å². The fourth-order valence-corrected chi connectivity index (χ4v) is 5.58. The van der Waals surface area contributed by atoms with E-state index >= 15 is 4.39 Å². The minimum absolute atomic E-state index is 0.122. The van der Waals surface area contributed by atoms with E-state index in [1.807, 2.05) is 18.2 Å². The quantitative estimate of drug-likeness (QED) is 0.407. The van der Waals surface area contributed by atoms with Gasteiger partial charge < -0.3 is 9.47 Å². The highest BCUT2D eigenvalue weighted by molar-refractivity contribution is 7.17. The minimum atomic E-state index is -0.808. The van der Waals surface area contributed by atoms with Crippen molar-refractivity contribution in [3.8, 4) is 26.6 Å². The molecule has 5 rings (SSSR count). The Morgan fingerprint density at radius 2 is 1.45 bits per heavy atom. The third-order valence-electron chi connectivity index (χ3n) is 6.43. The van der Waals surface area contributed by atoms with Gasteiger partial charge in [0.15, 0.2) is 16.7 Å². The predicted molar refractivity (Wildman–Crippen MR) is 121 cm³/mol. The van der Waals surface area contributed by atoms with E-state index in [0.29, 0.717) is 35.1 Å². The van der Waals surface area contributed by atoms with E-state index in [1.54, 1.807) is 18.2 Å². The maximum absolute atomic E-state index is 15.0. The topological polar surface area (TPSA) is 18.5 Å². The van der Waals surface area contributed by atoms with Crippen LogP contribution in [0.4, 0.5) is 8.78 Å². The summed E-state index contributed by atoms with van der Waals surface area (Å²) in [6.45, 7) is 1.40. The molecule has 0 unspecified atom stereocenters. The van der Waals surface area contributed by atoms with Crippen LogP contribution >= 0.6 is 11.3 Å². The molecular formula is C26H26F2O2S. The molecule has 31 heavy (non-hydrogen) atoms. The van der Waals surface area contributed by atoms with Crippen molar-refractivity contribution < 1.29 is 18.3 Å². The van der Waals surface area contributed by atoms with Crippen molar-refractivity contribution in [1.29, 1.82) is 0 Å². The van der Waals surface area contributed by atoms with E-state index < -0.39 is 11.6 Å². The summed E-state index contributed by atoms with van der Waals surface area (Å²) in [7, 11) is 0. The van der Waals surface area contributed by atoms with Gasteiger partial charge in [-0.15, -0.1) is 0 Å². The molecular weight excluding hydrogens is 414 g/mol. The van der Waals surface area contributed by atoms with Gasteiger partial charge in [0.1, 0.15) is 6.10 Å². The molecule has 1 aromatic heterocycles. The van der Waals surface area contributed by atoms with Crippen LogP contribution in [0.2, 0.25) is 0 Å². The first-order chi connectivity index (χ1) is 15.2. The van der Waals surface area contributed by atoms with Crippen LogP contribution in [-0.2, 0) is 4.74 Å². The fraction of sp³-hybridized carbons (Fsp3) is 0.385. The van der Waals surface area contributed by atoms with Gasteiger partial charge in [-0.05, 0) is 48.1 Å². The molecule has 1 aliphatic heterocycles. The third kappa shape index (κ3) is 4.39. The molecule has 0 N–H and O–H groups in total. The smallest absolute Gasteiger partial charge is 0.174 e. The first-order valence-electron chi connectivity index (χ1n) is 11.1. The minimum Gasteiger partial charge on any atom is -0.481 e. The Balaban J connectivity index is 1.35. The molecule has 2 aliphatic rings. The molecule has 2 heterocycles. The summed E-state index contributed by atoms with van der Waals surface area (Å²) in [5.74, 6) is -1.00. The average Bonchev–Trinajstić information content (AvgIpc) is 3.49. The van der Waals surface area contributed by atoms with Crippen LogP contribution in [0.1, 0.15) is 50.0 Å². The molecule has 0 spiro atoms. The Labute approximate surface area is 185 Å². The van der Waals surface area contributed by atoms with Gasteiger partial charge in [-0.1, -0.05) is 54.5 Å². The molecule has 1 saturated carbocycles. The van der Waals surface area contributed by atoms with Gasteiger partial charge in [-0.3, -0.25) is 0 Å². The zero-order valence-corrected chi connectivity index (χ0v) is 18.2. The normalized spacial score (nSPS) is 17.9. The van der Waals surface area contributed by atoms with E-state index in [-0.39, 0.29) is 11.7 Å². The highest BCUT2D eigenvalue weighted by Crippen LogP contribution is 2.39. The maximum Gasteiger partial charge on any atom is 0.174 e. The molecule has 2 nitrogen and oxygen atoms in total. The lowest BCUT2D eigenvalue weighted by molar-refractivity contribution is 0.0271. The second-order valence-corrected chi connectivity index (χ2v) is 9.49. The van der Waals surface area contributed by atoms with Crippen LogP contribution in [0, 0.1) is 11.6 Å². The predicted octanol–water partition coefficient (Wildman–Crippen LogP) is 7.58. The van der Waals surface area contributed by atoms with Crippen LogP contribution in [0.15, 0.2) is 48.5 Å². The molecule has 2 aromatic carbocycles. The molecule has 0 amide bonds. The van der Waals surface area contributed by atoms with E-state index in [9.17, 15) is 4.39 Å². The SMILES string of the molecule is Fc1c(-c2ccc(C3CCCC3)cc2)ccc(-c2ccc(OC3CCOCC3)s2)c1F. The van der Waals surface area contributed by atoms with Crippen LogP contribution in [-0.4, -0.2) is 19.3 Å². The van der Waals surface area contributed by atoms with E-state index in [0.717, 1.165) is 17.9 Å². The average molecular weight is 441 g/mol. The van der Waals surface area contributed by atoms with E-state index in [4.69, 9.17) is 9.47 Å². The van der Waals surface area contributed by atoms with Crippen LogP contribution < -0.4 is 4.74 Å². The van der Waals surface area contributed by atoms with Crippen molar-refractivity contribution in [1.82, 2.24) is 0 Å². The lowest BCUT2D eigenvalue weighted by atomic mass is 9.94. The highest BCUT2D eigenvalue weighted by atomic mass is 32.1. The van der Waals surface area contributed by atoms with Gasteiger partial charge in [0.2, 0.25) is 0 Å². The molecule has 1 aliphatic carbocycles. The Bertz CT molecular complexity index is 1030.